The lowest BCUT2D eigenvalue weighted by Crippen LogP contribution is -2.48. The van der Waals surface area contributed by atoms with E-state index < -0.39 is 0 Å². The van der Waals surface area contributed by atoms with Gasteiger partial charge < -0.3 is 25.0 Å². The van der Waals surface area contributed by atoms with E-state index in [2.05, 4.69) is 15.5 Å². The SMILES string of the molecule is COc1cc(NC2CCCN(C(=O)C3CCNCC3)C2)cc(OC)c1. The van der Waals surface area contributed by atoms with Gasteiger partial charge in [-0.1, -0.05) is 0 Å². The van der Waals surface area contributed by atoms with E-state index in [1.807, 2.05) is 18.2 Å². The fraction of sp³-hybridized carbons (Fsp3) is 0.632. The van der Waals surface area contributed by atoms with Crippen LogP contribution < -0.4 is 20.1 Å². The topological polar surface area (TPSA) is 62.8 Å². The largest absolute Gasteiger partial charge is 0.497 e. The lowest BCUT2D eigenvalue weighted by molar-refractivity contribution is -0.137. The van der Waals surface area contributed by atoms with E-state index in [1.165, 1.54) is 0 Å². The van der Waals surface area contributed by atoms with E-state index in [-0.39, 0.29) is 12.0 Å². The Labute approximate surface area is 149 Å². The van der Waals surface area contributed by atoms with Crippen molar-refractivity contribution in [3.63, 3.8) is 0 Å². The summed E-state index contributed by atoms with van der Waals surface area (Å²) < 4.78 is 10.7. The summed E-state index contributed by atoms with van der Waals surface area (Å²) >= 11 is 0. The molecule has 1 aromatic carbocycles. The number of nitrogens with zero attached hydrogens (tertiary/aromatic N) is 1. The second-order valence-corrected chi connectivity index (χ2v) is 6.89. The highest BCUT2D eigenvalue weighted by atomic mass is 16.5. The number of carbonyl (C=O) groups excluding carboxylic acids is 1. The minimum atomic E-state index is 0.192. The monoisotopic (exact) mass is 347 g/mol. The number of methoxy groups -OCH3 is 2. The molecule has 2 aliphatic rings. The van der Waals surface area contributed by atoms with Crippen molar-refractivity contribution in [2.75, 3.05) is 45.7 Å². The lowest BCUT2D eigenvalue weighted by atomic mass is 9.95. The van der Waals surface area contributed by atoms with Crippen LogP contribution in [0.1, 0.15) is 25.7 Å². The number of rotatable bonds is 5. The summed E-state index contributed by atoms with van der Waals surface area (Å²) in [5.74, 6) is 2.05. The molecule has 25 heavy (non-hydrogen) atoms. The molecule has 138 valence electrons. The molecular formula is C19H29N3O3. The van der Waals surface area contributed by atoms with Gasteiger partial charge in [0.25, 0.3) is 0 Å². The molecule has 2 heterocycles. The van der Waals surface area contributed by atoms with Crippen LogP contribution >= 0.6 is 0 Å². The van der Waals surface area contributed by atoms with Crippen molar-refractivity contribution in [1.29, 1.82) is 0 Å². The molecule has 0 saturated carbocycles. The molecule has 6 heteroatoms. The molecule has 0 spiro atoms. The molecule has 0 bridgehead atoms. The Kier molecular flexibility index (Phi) is 6.02. The van der Waals surface area contributed by atoms with Gasteiger partial charge in [-0.3, -0.25) is 4.79 Å². The van der Waals surface area contributed by atoms with Gasteiger partial charge >= 0.3 is 0 Å². The highest BCUT2D eigenvalue weighted by molar-refractivity contribution is 5.79. The number of carbonyl (C=O) groups is 1. The molecule has 2 saturated heterocycles. The Morgan fingerprint density at radius 2 is 1.80 bits per heavy atom. The van der Waals surface area contributed by atoms with Crippen LogP contribution in [0.4, 0.5) is 5.69 Å². The minimum Gasteiger partial charge on any atom is -0.497 e. The van der Waals surface area contributed by atoms with Crippen LogP contribution in [-0.4, -0.2) is 57.2 Å². The lowest BCUT2D eigenvalue weighted by Gasteiger charge is -2.36. The maximum absolute atomic E-state index is 12.8. The molecule has 1 unspecified atom stereocenters. The number of anilines is 1. The summed E-state index contributed by atoms with van der Waals surface area (Å²) in [5.41, 5.74) is 0.970. The Balaban J connectivity index is 1.62. The van der Waals surface area contributed by atoms with Crippen LogP contribution in [0.2, 0.25) is 0 Å². The summed E-state index contributed by atoms with van der Waals surface area (Å²) in [6.07, 6.45) is 4.02. The molecule has 6 nitrogen and oxygen atoms in total. The number of benzene rings is 1. The van der Waals surface area contributed by atoms with E-state index >= 15 is 0 Å². The number of hydrogen-bond donors (Lipinski definition) is 2. The Hall–Kier alpha value is -1.95. The summed E-state index contributed by atoms with van der Waals surface area (Å²) in [5, 5.41) is 6.88. The molecule has 0 radical (unpaired) electrons. The first-order valence-corrected chi connectivity index (χ1v) is 9.18. The van der Waals surface area contributed by atoms with Crippen LogP contribution in [0, 0.1) is 5.92 Å². The molecule has 1 aromatic rings. The van der Waals surface area contributed by atoms with Crippen molar-refractivity contribution in [2.45, 2.75) is 31.7 Å². The van der Waals surface area contributed by atoms with Crippen LogP contribution in [-0.2, 0) is 4.79 Å². The van der Waals surface area contributed by atoms with Crippen molar-refractivity contribution < 1.29 is 14.3 Å². The summed E-state index contributed by atoms with van der Waals surface area (Å²) in [6.45, 7) is 3.55. The summed E-state index contributed by atoms with van der Waals surface area (Å²) in [6, 6.07) is 6.06. The predicted octanol–water partition coefficient (Wildman–Crippen LogP) is 2.11. The summed E-state index contributed by atoms with van der Waals surface area (Å²) in [4.78, 5) is 14.8. The first-order valence-electron chi connectivity index (χ1n) is 9.18. The van der Waals surface area contributed by atoms with Gasteiger partial charge in [0.2, 0.25) is 5.91 Å². The highest BCUT2D eigenvalue weighted by Gasteiger charge is 2.29. The number of piperidine rings is 2. The quantitative estimate of drug-likeness (QED) is 0.854. The van der Waals surface area contributed by atoms with Gasteiger partial charge in [0.1, 0.15) is 11.5 Å². The third-order valence-corrected chi connectivity index (χ3v) is 5.14. The Morgan fingerprint density at radius 1 is 1.12 bits per heavy atom. The molecule has 1 atom stereocenters. The zero-order valence-corrected chi connectivity index (χ0v) is 15.2. The number of ether oxygens (including phenoxy) is 2. The molecule has 2 aliphatic heterocycles. The van der Waals surface area contributed by atoms with Gasteiger partial charge in [0.05, 0.1) is 14.2 Å². The molecule has 1 amide bonds. The van der Waals surface area contributed by atoms with Gasteiger partial charge in [-0.2, -0.15) is 0 Å². The van der Waals surface area contributed by atoms with Gasteiger partial charge in [0, 0.05) is 48.9 Å². The zero-order valence-electron chi connectivity index (χ0n) is 15.2. The standard InChI is InChI=1S/C19H29N3O3/c1-24-17-10-16(11-18(12-17)25-2)21-15-4-3-9-22(13-15)19(23)14-5-7-20-8-6-14/h10-12,14-15,20-21H,3-9,13H2,1-2H3. The number of likely N-dealkylation sites (tertiary alicyclic amines) is 1. The van der Waals surface area contributed by atoms with E-state index in [1.54, 1.807) is 14.2 Å². The molecule has 3 rings (SSSR count). The average Bonchev–Trinajstić information content (AvgIpc) is 2.68. The van der Waals surface area contributed by atoms with Crippen molar-refractivity contribution in [3.8, 4) is 11.5 Å². The predicted molar refractivity (Wildman–Crippen MR) is 98.4 cm³/mol. The number of amides is 1. The van der Waals surface area contributed by atoms with Gasteiger partial charge in [-0.15, -0.1) is 0 Å². The summed E-state index contributed by atoms with van der Waals surface area (Å²) in [7, 11) is 3.30. The molecule has 0 aromatic heterocycles. The van der Waals surface area contributed by atoms with Gasteiger partial charge in [0.15, 0.2) is 0 Å². The van der Waals surface area contributed by atoms with Crippen molar-refractivity contribution >= 4 is 11.6 Å². The minimum absolute atomic E-state index is 0.192. The zero-order chi connectivity index (χ0) is 17.6. The van der Waals surface area contributed by atoms with Gasteiger partial charge in [-0.05, 0) is 38.8 Å². The number of hydrogen-bond acceptors (Lipinski definition) is 5. The third-order valence-electron chi connectivity index (χ3n) is 5.14. The maximum atomic E-state index is 12.8. The van der Waals surface area contributed by atoms with Crippen molar-refractivity contribution in [2.24, 2.45) is 5.92 Å². The van der Waals surface area contributed by atoms with E-state index in [4.69, 9.17) is 9.47 Å². The first-order chi connectivity index (χ1) is 12.2. The third kappa shape index (κ3) is 4.57. The fourth-order valence-corrected chi connectivity index (χ4v) is 3.75. The maximum Gasteiger partial charge on any atom is 0.225 e. The van der Waals surface area contributed by atoms with Crippen LogP contribution in [0.15, 0.2) is 18.2 Å². The van der Waals surface area contributed by atoms with Crippen molar-refractivity contribution in [3.05, 3.63) is 18.2 Å². The van der Waals surface area contributed by atoms with Crippen LogP contribution in [0.5, 0.6) is 11.5 Å². The normalized spacial score (nSPS) is 21.7. The van der Waals surface area contributed by atoms with Crippen molar-refractivity contribution in [1.82, 2.24) is 10.2 Å². The second-order valence-electron chi connectivity index (χ2n) is 6.89. The average molecular weight is 347 g/mol. The van der Waals surface area contributed by atoms with E-state index in [0.29, 0.717) is 5.91 Å². The van der Waals surface area contributed by atoms with Crippen LogP contribution in [0.25, 0.3) is 0 Å². The number of nitrogens with one attached hydrogen (secondary N) is 2. The second kappa shape index (κ2) is 8.43. The van der Waals surface area contributed by atoms with Crippen LogP contribution in [0.3, 0.4) is 0 Å². The Morgan fingerprint density at radius 3 is 2.44 bits per heavy atom. The Bertz CT molecular complexity index is 565. The molecule has 2 N–H and O–H groups in total. The van der Waals surface area contributed by atoms with E-state index in [0.717, 1.165) is 69.0 Å². The smallest absolute Gasteiger partial charge is 0.225 e. The highest BCUT2D eigenvalue weighted by Crippen LogP contribution is 2.27. The van der Waals surface area contributed by atoms with Gasteiger partial charge in [-0.25, -0.2) is 0 Å². The fourth-order valence-electron chi connectivity index (χ4n) is 3.75. The first kappa shape index (κ1) is 17.9. The van der Waals surface area contributed by atoms with E-state index in [9.17, 15) is 4.79 Å². The molecular weight excluding hydrogens is 318 g/mol. The molecule has 2 fully saturated rings. The molecule has 0 aliphatic carbocycles.